The molecule has 1 fully saturated rings. The Bertz CT molecular complexity index is 1050. The fourth-order valence-corrected chi connectivity index (χ4v) is 3.50. The van der Waals surface area contributed by atoms with Crippen LogP contribution in [0.1, 0.15) is 11.4 Å². The largest absolute Gasteiger partial charge is 0.383 e. The van der Waals surface area contributed by atoms with Crippen molar-refractivity contribution in [3.05, 3.63) is 54.1 Å². The highest BCUT2D eigenvalue weighted by atomic mass is 16.7. The summed E-state index contributed by atoms with van der Waals surface area (Å²) in [5, 5.41) is 12.5. The molecule has 10 heteroatoms. The molecule has 0 spiro atoms. The van der Waals surface area contributed by atoms with E-state index in [1.807, 2.05) is 44.2 Å². The van der Waals surface area contributed by atoms with E-state index in [1.165, 1.54) is 0 Å². The second kappa shape index (κ2) is 9.86. The number of hydrogen-bond acceptors (Lipinski definition) is 7. The molecule has 10 nitrogen and oxygen atoms in total. The molecule has 1 atom stereocenters. The topological polar surface area (TPSA) is 106 Å². The highest BCUT2D eigenvalue weighted by Crippen LogP contribution is 2.29. The molecule has 0 bridgehead atoms. The minimum Gasteiger partial charge on any atom is -0.383 e. The summed E-state index contributed by atoms with van der Waals surface area (Å²) in [7, 11) is 1.65. The molecule has 0 aliphatic carbocycles. The van der Waals surface area contributed by atoms with Gasteiger partial charge in [-0.2, -0.15) is 10.2 Å². The van der Waals surface area contributed by atoms with Gasteiger partial charge in [0, 0.05) is 43.7 Å². The normalized spacial score (nSPS) is 16.3. The first-order chi connectivity index (χ1) is 15.5. The number of amides is 2. The van der Waals surface area contributed by atoms with Gasteiger partial charge in [-0.1, -0.05) is 18.2 Å². The van der Waals surface area contributed by atoms with Crippen LogP contribution in [0.5, 0.6) is 0 Å². The summed E-state index contributed by atoms with van der Waals surface area (Å²) < 4.78 is 6.80. The fraction of sp³-hybridized carbons (Fsp3) is 0.364. The highest BCUT2D eigenvalue weighted by molar-refractivity contribution is 5.91. The number of rotatable bonds is 7. The molecule has 3 heterocycles. The number of hydrogen-bond donors (Lipinski definition) is 2. The van der Waals surface area contributed by atoms with Crippen LogP contribution in [0, 0.1) is 13.8 Å². The van der Waals surface area contributed by atoms with Gasteiger partial charge in [0.2, 0.25) is 0 Å². The first kappa shape index (κ1) is 21.9. The molecule has 168 valence electrons. The standard InChI is InChI=1S/C22H27N7O3/c1-15-20(17-11-23-16(2)24-12-17)27-29(19-7-5-4-6-8-19)21(15)26-22(30)25-18-13-28(32-14-18)9-10-31-3/h4-8,11-12,18H,9-10,13-14H2,1-3H3,(H2,25,26,30)/t18-/m1/s1. The molecule has 0 unspecified atom stereocenters. The molecular formula is C22H27N7O3. The summed E-state index contributed by atoms with van der Waals surface area (Å²) >= 11 is 0. The van der Waals surface area contributed by atoms with E-state index < -0.39 is 0 Å². The highest BCUT2D eigenvalue weighted by Gasteiger charge is 2.26. The summed E-state index contributed by atoms with van der Waals surface area (Å²) in [4.78, 5) is 27.0. The third-order valence-electron chi connectivity index (χ3n) is 5.17. The predicted molar refractivity (Wildman–Crippen MR) is 119 cm³/mol. The van der Waals surface area contributed by atoms with Crippen LogP contribution in [0.3, 0.4) is 0 Å². The van der Waals surface area contributed by atoms with Crippen LogP contribution in [-0.4, -0.2) is 70.3 Å². The Morgan fingerprint density at radius 3 is 2.69 bits per heavy atom. The van der Waals surface area contributed by atoms with Crippen molar-refractivity contribution < 1.29 is 14.4 Å². The van der Waals surface area contributed by atoms with Crippen molar-refractivity contribution >= 4 is 11.8 Å². The van der Waals surface area contributed by atoms with Crippen molar-refractivity contribution in [3.63, 3.8) is 0 Å². The number of aromatic nitrogens is 4. The fourth-order valence-electron chi connectivity index (χ4n) is 3.50. The van der Waals surface area contributed by atoms with Crippen LogP contribution in [0.4, 0.5) is 10.6 Å². The number of carbonyl (C=O) groups is 1. The van der Waals surface area contributed by atoms with E-state index in [1.54, 1.807) is 29.2 Å². The number of methoxy groups -OCH3 is 1. The molecular weight excluding hydrogens is 410 g/mol. The van der Waals surface area contributed by atoms with E-state index in [4.69, 9.17) is 14.7 Å². The average Bonchev–Trinajstić information content (AvgIpc) is 3.38. The maximum atomic E-state index is 12.8. The lowest BCUT2D eigenvalue weighted by Gasteiger charge is -2.15. The van der Waals surface area contributed by atoms with Crippen molar-refractivity contribution in [2.75, 3.05) is 38.7 Å². The van der Waals surface area contributed by atoms with E-state index in [0.717, 1.165) is 16.8 Å². The van der Waals surface area contributed by atoms with E-state index in [-0.39, 0.29) is 12.1 Å². The molecule has 1 aromatic carbocycles. The van der Waals surface area contributed by atoms with Gasteiger partial charge in [-0.25, -0.2) is 19.4 Å². The van der Waals surface area contributed by atoms with Crippen molar-refractivity contribution in [2.24, 2.45) is 0 Å². The van der Waals surface area contributed by atoms with E-state index in [2.05, 4.69) is 20.6 Å². The number of carbonyl (C=O) groups excluding carboxylic acids is 1. The van der Waals surface area contributed by atoms with Crippen molar-refractivity contribution in [2.45, 2.75) is 19.9 Å². The molecule has 2 amide bonds. The number of nitrogens with one attached hydrogen (secondary N) is 2. The van der Waals surface area contributed by atoms with E-state index in [9.17, 15) is 4.79 Å². The first-order valence-corrected chi connectivity index (χ1v) is 10.4. The van der Waals surface area contributed by atoms with Gasteiger partial charge < -0.3 is 10.1 Å². The second-order valence-electron chi connectivity index (χ2n) is 7.56. The van der Waals surface area contributed by atoms with Crippen molar-refractivity contribution in [3.8, 4) is 16.9 Å². The Morgan fingerprint density at radius 1 is 1.22 bits per heavy atom. The van der Waals surface area contributed by atoms with Gasteiger partial charge >= 0.3 is 6.03 Å². The summed E-state index contributed by atoms with van der Waals surface area (Å²) in [5.41, 5.74) is 3.14. The monoisotopic (exact) mass is 437 g/mol. The van der Waals surface area contributed by atoms with Gasteiger partial charge in [0.25, 0.3) is 0 Å². The molecule has 0 saturated carbocycles. The first-order valence-electron chi connectivity index (χ1n) is 10.4. The van der Waals surface area contributed by atoms with Gasteiger partial charge in [0.15, 0.2) is 0 Å². The van der Waals surface area contributed by atoms with E-state index in [0.29, 0.717) is 43.6 Å². The summed E-state index contributed by atoms with van der Waals surface area (Å²) in [6.07, 6.45) is 3.47. The Balaban J connectivity index is 1.55. The smallest absolute Gasteiger partial charge is 0.320 e. The van der Waals surface area contributed by atoms with Gasteiger partial charge in [-0.15, -0.1) is 0 Å². The molecule has 1 aliphatic rings. The van der Waals surface area contributed by atoms with E-state index >= 15 is 0 Å². The molecule has 0 radical (unpaired) electrons. The minimum absolute atomic E-state index is 0.120. The van der Waals surface area contributed by atoms with Crippen LogP contribution < -0.4 is 10.6 Å². The Hall–Kier alpha value is -3.34. The lowest BCUT2D eigenvalue weighted by atomic mass is 10.1. The molecule has 1 aliphatic heterocycles. The van der Waals surface area contributed by atoms with Crippen LogP contribution in [0.2, 0.25) is 0 Å². The summed E-state index contributed by atoms with van der Waals surface area (Å²) in [6, 6.07) is 9.21. The Morgan fingerprint density at radius 2 is 1.97 bits per heavy atom. The predicted octanol–water partition coefficient (Wildman–Crippen LogP) is 2.33. The zero-order valence-corrected chi connectivity index (χ0v) is 18.4. The number of hydroxylamine groups is 2. The van der Waals surface area contributed by atoms with Gasteiger partial charge in [0.1, 0.15) is 17.3 Å². The van der Waals surface area contributed by atoms with Crippen LogP contribution in [0.25, 0.3) is 16.9 Å². The number of urea groups is 1. The number of para-hydroxylation sites is 1. The van der Waals surface area contributed by atoms with Gasteiger partial charge in [0.05, 0.1) is 24.9 Å². The zero-order valence-electron chi connectivity index (χ0n) is 18.4. The molecule has 32 heavy (non-hydrogen) atoms. The summed E-state index contributed by atoms with van der Waals surface area (Å²) in [6.45, 7) is 5.99. The van der Waals surface area contributed by atoms with Crippen molar-refractivity contribution in [1.29, 1.82) is 0 Å². The Kier molecular flexibility index (Phi) is 6.74. The zero-order chi connectivity index (χ0) is 22.5. The Labute approximate surface area is 186 Å². The number of anilines is 1. The number of nitrogens with zero attached hydrogens (tertiary/aromatic N) is 5. The van der Waals surface area contributed by atoms with Crippen LogP contribution >= 0.6 is 0 Å². The van der Waals surface area contributed by atoms with Gasteiger partial charge in [-0.05, 0) is 26.0 Å². The van der Waals surface area contributed by atoms with Crippen LogP contribution in [-0.2, 0) is 9.57 Å². The third-order valence-corrected chi connectivity index (χ3v) is 5.17. The quantitative estimate of drug-likeness (QED) is 0.584. The number of ether oxygens (including phenoxy) is 1. The average molecular weight is 438 g/mol. The lowest BCUT2D eigenvalue weighted by Crippen LogP contribution is -2.41. The maximum absolute atomic E-state index is 12.8. The van der Waals surface area contributed by atoms with Crippen molar-refractivity contribution in [1.82, 2.24) is 30.1 Å². The van der Waals surface area contributed by atoms with Crippen LogP contribution in [0.15, 0.2) is 42.7 Å². The molecule has 2 aromatic heterocycles. The second-order valence-corrected chi connectivity index (χ2v) is 7.56. The SMILES string of the molecule is COCCN1C[C@@H](NC(=O)Nc2c(C)c(-c3cnc(C)nc3)nn2-c2ccccc2)CO1. The molecule has 4 rings (SSSR count). The minimum atomic E-state index is -0.320. The summed E-state index contributed by atoms with van der Waals surface area (Å²) in [5.74, 6) is 1.27. The lowest BCUT2D eigenvalue weighted by molar-refractivity contribution is -0.118. The molecule has 2 N–H and O–H groups in total. The number of benzene rings is 1. The number of aryl methyl sites for hydroxylation is 1. The maximum Gasteiger partial charge on any atom is 0.320 e. The molecule has 3 aromatic rings. The van der Waals surface area contributed by atoms with Gasteiger partial charge in [-0.3, -0.25) is 10.2 Å². The third kappa shape index (κ3) is 4.93. The molecule has 1 saturated heterocycles.